The molecule has 0 spiro atoms. The lowest BCUT2D eigenvalue weighted by molar-refractivity contribution is 0.624. The predicted molar refractivity (Wildman–Crippen MR) is 57.0 cm³/mol. The van der Waals surface area contributed by atoms with Gasteiger partial charge in [-0.2, -0.15) is 0 Å². The highest BCUT2D eigenvalue weighted by atomic mass is 32.2. The number of nitrogen functional groups attached to an aromatic ring is 1. The Morgan fingerprint density at radius 2 is 2.29 bits per heavy atom. The molecule has 0 aliphatic carbocycles. The van der Waals surface area contributed by atoms with E-state index in [2.05, 4.69) is 4.98 Å². The second-order valence-electron chi connectivity index (χ2n) is 2.58. The second-order valence-corrected chi connectivity index (χ2v) is 4.77. The highest BCUT2D eigenvalue weighted by Gasteiger charge is 2.04. The average molecular weight is 226 g/mol. The van der Waals surface area contributed by atoms with Crippen LogP contribution in [0.3, 0.4) is 0 Å². The molecular formula is C9H7FN2S2. The number of rotatable bonds is 2. The molecule has 1 aromatic carbocycles. The van der Waals surface area contributed by atoms with E-state index >= 15 is 0 Å². The summed E-state index contributed by atoms with van der Waals surface area (Å²) in [6, 6.07) is 4.33. The van der Waals surface area contributed by atoms with Gasteiger partial charge in [0.1, 0.15) is 5.82 Å². The van der Waals surface area contributed by atoms with E-state index in [0.29, 0.717) is 10.6 Å². The maximum Gasteiger partial charge on any atom is 0.154 e. The normalized spacial score (nSPS) is 10.4. The molecule has 1 aromatic heterocycles. The molecule has 0 aliphatic heterocycles. The van der Waals surface area contributed by atoms with Crippen LogP contribution in [-0.4, -0.2) is 4.98 Å². The molecule has 72 valence electrons. The van der Waals surface area contributed by atoms with Crippen molar-refractivity contribution >= 4 is 28.8 Å². The second kappa shape index (κ2) is 3.98. The van der Waals surface area contributed by atoms with Crippen LogP contribution in [0.2, 0.25) is 0 Å². The van der Waals surface area contributed by atoms with Crippen LogP contribution in [0.1, 0.15) is 0 Å². The number of thiazole rings is 1. The lowest BCUT2D eigenvalue weighted by Crippen LogP contribution is -1.88. The van der Waals surface area contributed by atoms with E-state index in [9.17, 15) is 4.39 Å². The number of halogens is 1. The van der Waals surface area contributed by atoms with Gasteiger partial charge in [-0.25, -0.2) is 9.37 Å². The maximum atomic E-state index is 12.9. The van der Waals surface area contributed by atoms with Crippen molar-refractivity contribution in [3.05, 3.63) is 35.6 Å². The zero-order valence-electron chi connectivity index (χ0n) is 7.11. The number of nitrogens with two attached hydrogens (primary N) is 1. The third-order valence-electron chi connectivity index (χ3n) is 1.58. The molecule has 0 saturated heterocycles. The molecule has 1 heterocycles. The molecule has 2 rings (SSSR count). The van der Waals surface area contributed by atoms with Gasteiger partial charge in [-0.05, 0) is 18.2 Å². The van der Waals surface area contributed by atoms with Crippen molar-refractivity contribution in [1.82, 2.24) is 4.98 Å². The molecule has 14 heavy (non-hydrogen) atoms. The lowest BCUT2D eigenvalue weighted by Gasteiger charge is -2.02. The molecule has 0 fully saturated rings. The topological polar surface area (TPSA) is 38.9 Å². The highest BCUT2D eigenvalue weighted by Crippen LogP contribution is 2.33. The smallest absolute Gasteiger partial charge is 0.154 e. The summed E-state index contributed by atoms with van der Waals surface area (Å²) in [7, 11) is 0. The third-order valence-corrected chi connectivity index (χ3v) is 3.54. The summed E-state index contributed by atoms with van der Waals surface area (Å²) in [6.45, 7) is 0. The fourth-order valence-electron chi connectivity index (χ4n) is 0.951. The Hall–Kier alpha value is -1.07. The summed E-state index contributed by atoms with van der Waals surface area (Å²) in [5.41, 5.74) is 6.27. The first-order valence-electron chi connectivity index (χ1n) is 3.88. The van der Waals surface area contributed by atoms with Crippen LogP contribution in [0, 0.1) is 5.82 Å². The summed E-state index contributed by atoms with van der Waals surface area (Å²) in [4.78, 5) is 4.79. The largest absolute Gasteiger partial charge is 0.398 e. The quantitative estimate of drug-likeness (QED) is 0.800. The van der Waals surface area contributed by atoms with E-state index in [1.165, 1.54) is 35.2 Å². The molecule has 0 radical (unpaired) electrons. The lowest BCUT2D eigenvalue weighted by atomic mass is 10.3. The number of benzene rings is 1. The van der Waals surface area contributed by atoms with Crippen molar-refractivity contribution in [2.24, 2.45) is 0 Å². The molecule has 0 atom stereocenters. The Balaban J connectivity index is 2.28. The fraction of sp³-hybridized carbons (Fsp3) is 0. The molecule has 0 saturated carbocycles. The maximum absolute atomic E-state index is 12.9. The average Bonchev–Trinajstić information content (AvgIpc) is 2.64. The first-order chi connectivity index (χ1) is 6.75. The van der Waals surface area contributed by atoms with Crippen molar-refractivity contribution in [3.8, 4) is 0 Å². The molecule has 0 unspecified atom stereocenters. The number of nitrogens with zero attached hydrogens (tertiary/aromatic N) is 1. The first kappa shape index (κ1) is 9.48. The molecule has 5 heteroatoms. The van der Waals surface area contributed by atoms with Crippen molar-refractivity contribution in [3.63, 3.8) is 0 Å². The standard InChI is InChI=1S/C9H7FN2S2/c10-6-1-2-7(11)8(5-6)14-9-12-3-4-13-9/h1-5H,11H2. The Bertz CT molecular complexity index is 428. The number of aromatic nitrogens is 1. The van der Waals surface area contributed by atoms with Crippen molar-refractivity contribution < 1.29 is 4.39 Å². The van der Waals surface area contributed by atoms with E-state index in [4.69, 9.17) is 5.73 Å². The molecule has 0 aliphatic rings. The van der Waals surface area contributed by atoms with Gasteiger partial charge in [0.05, 0.1) is 0 Å². The van der Waals surface area contributed by atoms with Crippen molar-refractivity contribution in [1.29, 1.82) is 0 Å². The van der Waals surface area contributed by atoms with Gasteiger partial charge in [0.15, 0.2) is 4.34 Å². The number of hydrogen-bond acceptors (Lipinski definition) is 4. The third kappa shape index (κ3) is 2.05. The van der Waals surface area contributed by atoms with E-state index in [1.54, 1.807) is 12.3 Å². The molecular weight excluding hydrogens is 219 g/mol. The van der Waals surface area contributed by atoms with E-state index in [-0.39, 0.29) is 5.82 Å². The van der Waals surface area contributed by atoms with Gasteiger partial charge in [0.25, 0.3) is 0 Å². The Labute approximate surface area is 89.0 Å². The summed E-state index contributed by atoms with van der Waals surface area (Å²) < 4.78 is 13.8. The zero-order valence-corrected chi connectivity index (χ0v) is 8.74. The van der Waals surface area contributed by atoms with Crippen LogP contribution in [0.4, 0.5) is 10.1 Å². The van der Waals surface area contributed by atoms with Crippen LogP contribution in [0.25, 0.3) is 0 Å². The minimum Gasteiger partial charge on any atom is -0.398 e. The molecule has 2 aromatic rings. The highest BCUT2D eigenvalue weighted by molar-refractivity contribution is 8.01. The van der Waals surface area contributed by atoms with Crippen LogP contribution in [0.5, 0.6) is 0 Å². The molecule has 2 nitrogen and oxygen atoms in total. The van der Waals surface area contributed by atoms with Gasteiger partial charge in [-0.3, -0.25) is 0 Å². The van der Waals surface area contributed by atoms with Crippen LogP contribution >= 0.6 is 23.1 Å². The minimum absolute atomic E-state index is 0.279. The van der Waals surface area contributed by atoms with Crippen molar-refractivity contribution in [2.75, 3.05) is 5.73 Å². The van der Waals surface area contributed by atoms with E-state index in [0.717, 1.165) is 4.34 Å². The Morgan fingerprint density at radius 3 is 3.00 bits per heavy atom. The van der Waals surface area contributed by atoms with Gasteiger partial charge in [-0.1, -0.05) is 11.8 Å². The van der Waals surface area contributed by atoms with Crippen LogP contribution in [0.15, 0.2) is 39.0 Å². The van der Waals surface area contributed by atoms with Gasteiger partial charge in [-0.15, -0.1) is 11.3 Å². The zero-order chi connectivity index (χ0) is 9.97. The minimum atomic E-state index is -0.279. The summed E-state index contributed by atoms with van der Waals surface area (Å²) in [6.07, 6.45) is 1.71. The van der Waals surface area contributed by atoms with Crippen molar-refractivity contribution in [2.45, 2.75) is 9.24 Å². The Kier molecular flexibility index (Phi) is 2.69. The van der Waals surface area contributed by atoms with E-state index in [1.807, 2.05) is 5.38 Å². The molecule has 0 amide bonds. The number of hydrogen-bond donors (Lipinski definition) is 1. The van der Waals surface area contributed by atoms with Crippen LogP contribution in [-0.2, 0) is 0 Å². The monoisotopic (exact) mass is 226 g/mol. The SMILES string of the molecule is Nc1ccc(F)cc1Sc1nccs1. The van der Waals surface area contributed by atoms with Crippen LogP contribution < -0.4 is 5.73 Å². The predicted octanol–water partition coefficient (Wildman–Crippen LogP) is 3.02. The van der Waals surface area contributed by atoms with Gasteiger partial charge in [0.2, 0.25) is 0 Å². The molecule has 0 bridgehead atoms. The summed E-state index contributed by atoms with van der Waals surface area (Å²) in [5, 5.41) is 1.87. The Morgan fingerprint density at radius 1 is 1.43 bits per heavy atom. The van der Waals surface area contributed by atoms with Gasteiger partial charge >= 0.3 is 0 Å². The summed E-state index contributed by atoms with van der Waals surface area (Å²) in [5.74, 6) is -0.279. The summed E-state index contributed by atoms with van der Waals surface area (Å²) >= 11 is 2.88. The fourth-order valence-corrected chi connectivity index (χ4v) is 2.60. The van der Waals surface area contributed by atoms with Gasteiger partial charge in [0, 0.05) is 22.2 Å². The first-order valence-corrected chi connectivity index (χ1v) is 5.58. The number of anilines is 1. The van der Waals surface area contributed by atoms with Gasteiger partial charge < -0.3 is 5.73 Å². The van der Waals surface area contributed by atoms with E-state index < -0.39 is 0 Å². The molecule has 2 N–H and O–H groups in total.